The molecule has 0 spiro atoms. The molecule has 1 atom stereocenters. The Morgan fingerprint density at radius 3 is 2.25 bits per heavy atom. The Hall–Kier alpha value is -2.89. The minimum atomic E-state index is -0.978. The van der Waals surface area contributed by atoms with Crippen molar-refractivity contribution in [3.05, 3.63) is 65.5 Å². The van der Waals surface area contributed by atoms with Crippen LogP contribution in [-0.4, -0.2) is 30.1 Å². The number of hydrogen-bond donors (Lipinski definition) is 2. The average Bonchev–Trinajstić information content (AvgIpc) is 2.66. The highest BCUT2D eigenvalue weighted by Gasteiger charge is 2.31. The number of halogens is 1. The molecule has 0 aromatic heterocycles. The molecule has 0 saturated carbocycles. The SMILES string of the molecule is CCOc1ccc(CC(CNC(=O)C(C)(C)c2ccc(F)cc2)C(=O)O)cc1. The van der Waals surface area contributed by atoms with E-state index in [9.17, 15) is 19.1 Å². The Kier molecular flexibility index (Phi) is 7.15. The fourth-order valence-electron chi connectivity index (χ4n) is 2.85. The molecular formula is C22H26FNO4. The van der Waals surface area contributed by atoms with Crippen LogP contribution >= 0.6 is 0 Å². The van der Waals surface area contributed by atoms with Gasteiger partial charge in [-0.25, -0.2) is 4.39 Å². The molecule has 150 valence electrons. The van der Waals surface area contributed by atoms with Crippen LogP contribution in [-0.2, 0) is 21.4 Å². The van der Waals surface area contributed by atoms with Gasteiger partial charge in [-0.05, 0) is 62.6 Å². The first-order valence-corrected chi connectivity index (χ1v) is 9.23. The fourth-order valence-corrected chi connectivity index (χ4v) is 2.85. The van der Waals surface area contributed by atoms with Gasteiger partial charge in [-0.15, -0.1) is 0 Å². The molecule has 2 aromatic rings. The zero-order chi connectivity index (χ0) is 20.7. The number of rotatable bonds is 9. The van der Waals surface area contributed by atoms with E-state index in [0.717, 1.165) is 11.3 Å². The predicted octanol–water partition coefficient (Wildman–Crippen LogP) is 3.56. The first-order chi connectivity index (χ1) is 13.2. The van der Waals surface area contributed by atoms with E-state index in [2.05, 4.69) is 5.32 Å². The van der Waals surface area contributed by atoms with Gasteiger partial charge in [0.15, 0.2) is 0 Å². The molecule has 0 bridgehead atoms. The summed E-state index contributed by atoms with van der Waals surface area (Å²) in [5.41, 5.74) is 0.600. The Morgan fingerprint density at radius 2 is 1.71 bits per heavy atom. The number of carbonyl (C=O) groups excluding carboxylic acids is 1. The van der Waals surface area contributed by atoms with E-state index < -0.39 is 17.3 Å². The molecule has 2 rings (SSSR count). The monoisotopic (exact) mass is 387 g/mol. The van der Waals surface area contributed by atoms with Crippen molar-refractivity contribution in [3.63, 3.8) is 0 Å². The summed E-state index contributed by atoms with van der Waals surface area (Å²) in [7, 11) is 0. The molecule has 0 aliphatic heterocycles. The summed E-state index contributed by atoms with van der Waals surface area (Å²) >= 11 is 0. The van der Waals surface area contributed by atoms with E-state index in [1.807, 2.05) is 19.1 Å². The lowest BCUT2D eigenvalue weighted by atomic mass is 9.83. The Morgan fingerprint density at radius 1 is 1.11 bits per heavy atom. The van der Waals surface area contributed by atoms with Gasteiger partial charge in [0.2, 0.25) is 5.91 Å². The van der Waals surface area contributed by atoms with Crippen molar-refractivity contribution in [2.75, 3.05) is 13.2 Å². The minimum absolute atomic E-state index is 0.00596. The molecule has 0 saturated heterocycles. The van der Waals surface area contributed by atoms with Crippen LogP contribution in [0.5, 0.6) is 5.75 Å². The minimum Gasteiger partial charge on any atom is -0.494 e. The Labute approximate surface area is 164 Å². The first-order valence-electron chi connectivity index (χ1n) is 9.23. The second-order valence-corrected chi connectivity index (χ2v) is 7.16. The van der Waals surface area contributed by atoms with Gasteiger partial charge in [0, 0.05) is 6.54 Å². The molecule has 0 radical (unpaired) electrons. The molecule has 0 heterocycles. The lowest BCUT2D eigenvalue weighted by Crippen LogP contribution is -2.43. The molecule has 5 nitrogen and oxygen atoms in total. The summed E-state index contributed by atoms with van der Waals surface area (Å²) in [6.45, 7) is 5.90. The number of aliphatic carboxylic acids is 1. The van der Waals surface area contributed by atoms with Gasteiger partial charge in [-0.3, -0.25) is 9.59 Å². The second kappa shape index (κ2) is 9.35. The van der Waals surface area contributed by atoms with Gasteiger partial charge in [0.05, 0.1) is 17.9 Å². The maximum atomic E-state index is 13.1. The number of carboxylic acids is 1. The summed E-state index contributed by atoms with van der Waals surface area (Å²) < 4.78 is 18.5. The molecular weight excluding hydrogens is 361 g/mol. The number of carbonyl (C=O) groups is 2. The van der Waals surface area contributed by atoms with E-state index in [1.165, 1.54) is 12.1 Å². The van der Waals surface area contributed by atoms with E-state index in [-0.39, 0.29) is 18.3 Å². The highest BCUT2D eigenvalue weighted by Crippen LogP contribution is 2.24. The number of hydrogen-bond acceptors (Lipinski definition) is 3. The predicted molar refractivity (Wildman–Crippen MR) is 105 cm³/mol. The molecule has 28 heavy (non-hydrogen) atoms. The van der Waals surface area contributed by atoms with Crippen molar-refractivity contribution in [2.24, 2.45) is 5.92 Å². The second-order valence-electron chi connectivity index (χ2n) is 7.16. The van der Waals surface area contributed by atoms with Crippen molar-refractivity contribution >= 4 is 11.9 Å². The van der Waals surface area contributed by atoms with Crippen molar-refractivity contribution < 1.29 is 23.8 Å². The summed E-state index contributed by atoms with van der Waals surface area (Å²) in [6, 6.07) is 13.0. The lowest BCUT2D eigenvalue weighted by molar-refractivity contribution is -0.141. The number of benzene rings is 2. The largest absolute Gasteiger partial charge is 0.494 e. The number of amides is 1. The third-order valence-corrected chi connectivity index (χ3v) is 4.71. The van der Waals surface area contributed by atoms with E-state index in [1.54, 1.807) is 38.1 Å². The fraction of sp³-hybridized carbons (Fsp3) is 0.364. The standard InChI is InChI=1S/C22H26FNO4/c1-4-28-19-11-5-15(6-12-19)13-16(20(25)26)14-24-21(27)22(2,3)17-7-9-18(23)10-8-17/h5-12,16H,4,13-14H2,1-3H3,(H,24,27)(H,25,26). The van der Waals surface area contributed by atoms with Crippen molar-refractivity contribution in [3.8, 4) is 5.75 Å². The van der Waals surface area contributed by atoms with Gasteiger partial charge in [-0.1, -0.05) is 24.3 Å². The van der Waals surface area contributed by atoms with E-state index >= 15 is 0 Å². The van der Waals surface area contributed by atoms with Crippen LogP contribution in [0.15, 0.2) is 48.5 Å². The maximum Gasteiger partial charge on any atom is 0.308 e. The molecule has 0 aliphatic carbocycles. The molecule has 1 unspecified atom stereocenters. The van der Waals surface area contributed by atoms with Crippen LogP contribution in [0.3, 0.4) is 0 Å². The molecule has 1 amide bonds. The van der Waals surface area contributed by atoms with Gasteiger partial charge < -0.3 is 15.2 Å². The van der Waals surface area contributed by atoms with Crippen LogP contribution in [0, 0.1) is 11.7 Å². The van der Waals surface area contributed by atoms with Gasteiger partial charge in [0.1, 0.15) is 11.6 Å². The zero-order valence-electron chi connectivity index (χ0n) is 16.4. The molecule has 0 aliphatic rings. The van der Waals surface area contributed by atoms with E-state index in [4.69, 9.17) is 4.74 Å². The van der Waals surface area contributed by atoms with Crippen LogP contribution < -0.4 is 10.1 Å². The van der Waals surface area contributed by atoms with Gasteiger partial charge in [0.25, 0.3) is 0 Å². The quantitative estimate of drug-likeness (QED) is 0.690. The smallest absolute Gasteiger partial charge is 0.308 e. The maximum absolute atomic E-state index is 13.1. The average molecular weight is 387 g/mol. The molecule has 6 heteroatoms. The van der Waals surface area contributed by atoms with Crippen molar-refractivity contribution in [1.82, 2.24) is 5.32 Å². The van der Waals surface area contributed by atoms with Crippen molar-refractivity contribution in [2.45, 2.75) is 32.6 Å². The summed E-state index contributed by atoms with van der Waals surface area (Å²) in [6.07, 6.45) is 0.291. The zero-order valence-corrected chi connectivity index (χ0v) is 16.4. The van der Waals surface area contributed by atoms with Crippen LogP contribution in [0.4, 0.5) is 4.39 Å². The highest BCUT2D eigenvalue weighted by molar-refractivity contribution is 5.87. The summed E-state index contributed by atoms with van der Waals surface area (Å²) in [4.78, 5) is 24.3. The molecule has 2 N–H and O–H groups in total. The topological polar surface area (TPSA) is 75.6 Å². The molecule has 0 fully saturated rings. The Bertz CT molecular complexity index is 800. The third kappa shape index (κ3) is 5.55. The summed E-state index contributed by atoms with van der Waals surface area (Å²) in [5, 5.41) is 12.3. The highest BCUT2D eigenvalue weighted by atomic mass is 19.1. The van der Waals surface area contributed by atoms with Crippen LogP contribution in [0.2, 0.25) is 0 Å². The van der Waals surface area contributed by atoms with Crippen LogP contribution in [0.1, 0.15) is 31.9 Å². The Balaban J connectivity index is 2.01. The third-order valence-electron chi connectivity index (χ3n) is 4.71. The normalized spacial score (nSPS) is 12.3. The molecule has 2 aromatic carbocycles. The van der Waals surface area contributed by atoms with E-state index in [0.29, 0.717) is 18.6 Å². The van der Waals surface area contributed by atoms with Crippen LogP contribution in [0.25, 0.3) is 0 Å². The lowest BCUT2D eigenvalue weighted by Gasteiger charge is -2.25. The number of carboxylic acid groups (broad SMARTS) is 1. The number of nitrogens with one attached hydrogen (secondary N) is 1. The number of ether oxygens (including phenoxy) is 1. The van der Waals surface area contributed by atoms with Gasteiger partial charge in [-0.2, -0.15) is 0 Å². The van der Waals surface area contributed by atoms with Gasteiger partial charge >= 0.3 is 5.97 Å². The van der Waals surface area contributed by atoms with Crippen molar-refractivity contribution in [1.29, 1.82) is 0 Å². The first kappa shape index (κ1) is 21.4. The summed E-state index contributed by atoms with van der Waals surface area (Å²) in [5.74, 6) is -1.69.